The van der Waals surface area contributed by atoms with Crippen molar-refractivity contribution in [3.05, 3.63) is 220 Å². The maximum atomic E-state index is 2.76. The monoisotopic (exact) mass is 626 g/mol. The third-order valence-corrected chi connectivity index (χ3v) is 11.4. The van der Waals surface area contributed by atoms with E-state index in [1.807, 2.05) is 0 Å². The minimum absolute atomic E-state index is 0.106. The Bertz CT molecular complexity index is 2740. The van der Waals surface area contributed by atoms with Gasteiger partial charge in [-0.15, -0.1) is 4.58 Å². The normalized spacial score (nSPS) is 23.1. The van der Waals surface area contributed by atoms with E-state index in [0.29, 0.717) is 0 Å². The number of aromatic nitrogens is 2. The van der Waals surface area contributed by atoms with Crippen LogP contribution in [0.25, 0.3) is 16.7 Å². The lowest BCUT2D eigenvalue weighted by Gasteiger charge is -2.44. The second kappa shape index (κ2) is 9.00. The van der Waals surface area contributed by atoms with E-state index in [-0.39, 0.29) is 12.0 Å². The molecule has 2 aromatic heterocycles. The molecule has 6 aliphatic rings. The molecule has 1 spiro atoms. The van der Waals surface area contributed by atoms with Crippen LogP contribution in [0.3, 0.4) is 0 Å². The Balaban J connectivity index is 1.33. The fourth-order valence-corrected chi connectivity index (χ4v) is 9.79. The Kier molecular flexibility index (Phi) is 4.74. The largest absolute Gasteiger partial charge is 0.548 e. The van der Waals surface area contributed by atoms with Crippen LogP contribution < -0.4 is 10.7 Å². The zero-order valence-corrected chi connectivity index (χ0v) is 26.6. The SMILES string of the molecule is C1=CC2=[N+]3C1=C(c1ccccc1)C1=[N+]4C(C=C1)C(c1ccccc1)c1ccc5n1C34n1c(ccc1=C5c1ccccc1)=C2c1ccccc1. The molecule has 0 saturated heterocycles. The van der Waals surface area contributed by atoms with Crippen molar-refractivity contribution in [2.24, 2.45) is 0 Å². The molecule has 0 amide bonds. The third-order valence-electron chi connectivity index (χ3n) is 11.4. The molecular formula is C45H30N4+2. The highest BCUT2D eigenvalue weighted by molar-refractivity contribution is 6.31. The summed E-state index contributed by atoms with van der Waals surface area (Å²) in [7, 11) is 0. The lowest BCUT2D eigenvalue weighted by molar-refractivity contribution is -0.868. The minimum atomic E-state index is -0.694. The first-order valence-corrected chi connectivity index (χ1v) is 17.2. The van der Waals surface area contributed by atoms with Crippen molar-refractivity contribution in [2.75, 3.05) is 0 Å². The average molecular weight is 627 g/mol. The van der Waals surface area contributed by atoms with E-state index in [9.17, 15) is 0 Å². The second-order valence-corrected chi connectivity index (χ2v) is 13.7. The lowest BCUT2D eigenvalue weighted by atomic mass is 9.85. The maximum absolute atomic E-state index is 2.76. The highest BCUT2D eigenvalue weighted by atomic mass is 15.6. The molecule has 228 valence electrons. The molecule has 4 heteroatoms. The van der Waals surface area contributed by atoms with Gasteiger partial charge in [0.15, 0.2) is 6.04 Å². The Morgan fingerprint density at radius 2 is 1.08 bits per heavy atom. The van der Waals surface area contributed by atoms with Crippen molar-refractivity contribution in [2.45, 2.75) is 17.9 Å². The van der Waals surface area contributed by atoms with Crippen molar-refractivity contribution in [3.8, 4) is 0 Å². The van der Waals surface area contributed by atoms with Crippen LogP contribution in [0, 0.1) is 0 Å². The van der Waals surface area contributed by atoms with Crippen LogP contribution in [0.4, 0.5) is 0 Å². The standard InChI is InChI=1S/C45H30N4/c1-5-13-29(14-6-1)41-33-21-23-35-42(30-15-7-2-8-16-30)37-25-27-39-44(32-19-11-4-12-20-32)40-28-26-38-43(31-17-9-3-10-18-31)36-24-22-34(41)47(36)45(46(33)35,48(37)39)49(38)40/h1-28,33,41H/q+2. The van der Waals surface area contributed by atoms with E-state index >= 15 is 0 Å². The molecule has 0 radical (unpaired) electrons. The quantitative estimate of drug-likeness (QED) is 0.208. The summed E-state index contributed by atoms with van der Waals surface area (Å²) >= 11 is 0. The van der Waals surface area contributed by atoms with Gasteiger partial charge in [0, 0.05) is 29.5 Å². The zero-order chi connectivity index (χ0) is 31.8. The lowest BCUT2D eigenvalue weighted by Crippen LogP contribution is -2.73. The van der Waals surface area contributed by atoms with Gasteiger partial charge in [-0.3, -0.25) is 0 Å². The van der Waals surface area contributed by atoms with Gasteiger partial charge in [-0.1, -0.05) is 126 Å². The minimum Gasteiger partial charge on any atom is -0.202 e. The summed E-state index contributed by atoms with van der Waals surface area (Å²) in [5, 5.41) is 2.48. The van der Waals surface area contributed by atoms with E-state index in [4.69, 9.17) is 0 Å². The van der Waals surface area contributed by atoms with Crippen LogP contribution in [0.15, 0.2) is 176 Å². The topological polar surface area (TPSA) is 15.9 Å². The van der Waals surface area contributed by atoms with Crippen LogP contribution in [0.5, 0.6) is 0 Å². The third kappa shape index (κ3) is 2.94. The Hall–Kier alpha value is -6.26. The molecule has 0 N–H and O–H groups in total. The van der Waals surface area contributed by atoms with Crippen LogP contribution >= 0.6 is 0 Å². The van der Waals surface area contributed by atoms with Gasteiger partial charge in [-0.05, 0) is 52.6 Å². The molecule has 4 nitrogen and oxygen atoms in total. The molecule has 0 fully saturated rings. The van der Waals surface area contributed by atoms with Crippen molar-refractivity contribution in [1.29, 1.82) is 0 Å². The summed E-state index contributed by atoms with van der Waals surface area (Å²) in [6, 6.07) is 53.7. The highest BCUT2D eigenvalue weighted by Gasteiger charge is 2.74. The van der Waals surface area contributed by atoms with E-state index in [0.717, 1.165) is 0 Å². The second-order valence-electron chi connectivity index (χ2n) is 13.7. The number of hydrogen-bond acceptors (Lipinski definition) is 0. The summed E-state index contributed by atoms with van der Waals surface area (Å²) in [6.07, 6.45) is 9.63. The summed E-state index contributed by atoms with van der Waals surface area (Å²) in [4.78, 5) is 0. The molecule has 49 heavy (non-hydrogen) atoms. The summed E-state index contributed by atoms with van der Waals surface area (Å²) in [5.74, 6) is -0.552. The molecule has 0 bridgehead atoms. The van der Waals surface area contributed by atoms with Gasteiger partial charge in [0.05, 0.1) is 27.9 Å². The van der Waals surface area contributed by atoms with E-state index in [2.05, 4.69) is 188 Å². The van der Waals surface area contributed by atoms with Crippen LogP contribution in [0.1, 0.15) is 39.6 Å². The molecule has 0 aliphatic carbocycles. The first-order chi connectivity index (χ1) is 24.4. The fraction of sp³-hybridized carbons (Fsp3) is 0.0667. The number of hydrogen-bond donors (Lipinski definition) is 0. The molecule has 0 saturated carbocycles. The highest BCUT2D eigenvalue weighted by Crippen LogP contribution is 2.52. The average Bonchev–Trinajstić information content (AvgIpc) is 3.99. The summed E-state index contributed by atoms with van der Waals surface area (Å²) in [5.41, 5.74) is 15.2. The van der Waals surface area contributed by atoms with E-state index < -0.39 is 5.91 Å². The first-order valence-electron chi connectivity index (χ1n) is 17.2. The summed E-state index contributed by atoms with van der Waals surface area (Å²) < 4.78 is 10.8. The van der Waals surface area contributed by atoms with Crippen molar-refractivity contribution >= 4 is 28.1 Å². The van der Waals surface area contributed by atoms with Crippen LogP contribution in [-0.4, -0.2) is 35.8 Å². The van der Waals surface area contributed by atoms with Crippen LogP contribution in [0.2, 0.25) is 0 Å². The van der Waals surface area contributed by atoms with Gasteiger partial charge in [0.2, 0.25) is 17.1 Å². The predicted molar refractivity (Wildman–Crippen MR) is 193 cm³/mol. The number of benzene rings is 4. The Morgan fingerprint density at radius 3 is 1.76 bits per heavy atom. The van der Waals surface area contributed by atoms with Crippen LogP contribution in [-0.2, 0) is 5.91 Å². The first kappa shape index (κ1) is 25.8. The van der Waals surface area contributed by atoms with Crippen molar-refractivity contribution in [3.63, 3.8) is 0 Å². The van der Waals surface area contributed by atoms with E-state index in [1.165, 1.54) is 78.2 Å². The van der Waals surface area contributed by atoms with Gasteiger partial charge in [0.1, 0.15) is 5.57 Å². The number of nitrogens with zero attached hydrogens (tertiary/aromatic N) is 4. The fourth-order valence-electron chi connectivity index (χ4n) is 9.79. The van der Waals surface area contributed by atoms with Crippen molar-refractivity contribution < 1.29 is 9.15 Å². The Labute approximate surface area is 283 Å². The van der Waals surface area contributed by atoms with Gasteiger partial charge in [-0.25, -0.2) is 4.57 Å². The maximum Gasteiger partial charge on any atom is 0.548 e. The molecule has 4 aromatic carbocycles. The smallest absolute Gasteiger partial charge is 0.202 e. The predicted octanol–water partition coefficient (Wildman–Crippen LogP) is 6.16. The molecule has 12 rings (SSSR count). The summed E-state index contributed by atoms with van der Waals surface area (Å²) in [6.45, 7) is 0. The molecule has 3 atom stereocenters. The number of allylic oxidation sites excluding steroid dienone is 4. The molecule has 3 unspecified atom stereocenters. The number of rotatable bonds is 4. The molecule has 6 aromatic rings. The molecule has 8 heterocycles. The molecular weight excluding hydrogens is 597 g/mol. The van der Waals surface area contributed by atoms with Gasteiger partial charge in [-0.2, -0.15) is 4.57 Å². The van der Waals surface area contributed by atoms with Gasteiger partial charge >= 0.3 is 5.91 Å². The van der Waals surface area contributed by atoms with Gasteiger partial charge < -0.3 is 0 Å². The van der Waals surface area contributed by atoms with Gasteiger partial charge in [0.25, 0.3) is 0 Å². The van der Waals surface area contributed by atoms with E-state index in [1.54, 1.807) is 0 Å². The zero-order valence-electron chi connectivity index (χ0n) is 26.6. The molecule has 6 aliphatic heterocycles. The van der Waals surface area contributed by atoms with Crippen molar-refractivity contribution in [1.82, 2.24) is 9.13 Å². The Morgan fingerprint density at radius 1 is 0.490 bits per heavy atom.